The minimum atomic E-state index is -1.69. The number of hydrogen-bond acceptors (Lipinski definition) is 3. The Hall–Kier alpha value is -1.09. The number of H-pyrrole nitrogens is 1. The van der Waals surface area contributed by atoms with Gasteiger partial charge in [-0.2, -0.15) is 0 Å². The molecule has 0 saturated carbocycles. The first-order chi connectivity index (χ1) is 4.22. The zero-order chi connectivity index (χ0) is 6.59. The molecule has 46 valence electrons. The van der Waals surface area contributed by atoms with Gasteiger partial charge in [0.25, 0.3) is 5.88 Å². The number of aromatic nitrogens is 2. The molecule has 0 aliphatic rings. The van der Waals surface area contributed by atoms with E-state index < -0.39 is 13.3 Å². The van der Waals surface area contributed by atoms with E-state index >= 15 is 0 Å². The van der Waals surface area contributed by atoms with E-state index in [0.717, 1.165) is 4.16 Å². The molecule has 2 aromatic rings. The van der Waals surface area contributed by atoms with Crippen LogP contribution in [0.2, 0.25) is 0 Å². The number of aromatic hydroxyl groups is 1. The van der Waals surface area contributed by atoms with E-state index in [4.69, 9.17) is 5.11 Å². The molecule has 2 aromatic heterocycles. The van der Waals surface area contributed by atoms with Crippen molar-refractivity contribution in [1.82, 2.24) is 9.15 Å². The van der Waals surface area contributed by atoms with Crippen molar-refractivity contribution in [3.8, 4) is 5.88 Å². The number of rotatable bonds is 0. The van der Waals surface area contributed by atoms with Crippen molar-refractivity contribution in [2.75, 3.05) is 0 Å². The van der Waals surface area contributed by atoms with Gasteiger partial charge < -0.3 is 5.11 Å². The van der Waals surface area contributed by atoms with E-state index in [9.17, 15) is 9.36 Å². The molecule has 2 rings (SSSR count). The Kier molecular flexibility index (Phi) is 0.574. The molecule has 5 nitrogen and oxygen atoms in total. The highest BCUT2D eigenvalue weighted by Crippen LogP contribution is 2.37. The zero-order valence-electron chi connectivity index (χ0n) is 4.16. The third-order valence-electron chi connectivity index (χ3n) is 1.15. The molecule has 0 aliphatic carbocycles. The molecule has 0 amide bonds. The lowest BCUT2D eigenvalue weighted by atomic mass is 10.9. The van der Waals surface area contributed by atoms with E-state index in [1.54, 1.807) is 0 Å². The summed E-state index contributed by atoms with van der Waals surface area (Å²) in [7, 11) is -1.69. The molecule has 0 spiro atoms. The first-order valence-electron chi connectivity index (χ1n) is 2.23. The third kappa shape index (κ3) is 0.381. The Bertz CT molecular complexity index is 428. The van der Waals surface area contributed by atoms with Crippen LogP contribution in [0, 0.1) is 0 Å². The van der Waals surface area contributed by atoms with Crippen LogP contribution in [0.3, 0.4) is 0 Å². The van der Waals surface area contributed by atoms with Crippen molar-refractivity contribution in [2.24, 2.45) is 0 Å². The number of nitrogens with zero attached hydrogens (tertiary/aromatic N) is 1. The van der Waals surface area contributed by atoms with Crippen LogP contribution in [0.15, 0.2) is 4.79 Å². The highest BCUT2D eigenvalue weighted by Gasteiger charge is 2.37. The maximum atomic E-state index is 10.5. The number of nitrogens with one attached hydrogen (secondary N) is 1. The zero-order valence-corrected chi connectivity index (χ0v) is 5.05. The molecule has 0 bridgehead atoms. The van der Waals surface area contributed by atoms with Gasteiger partial charge in [-0.3, -0.25) is 4.98 Å². The van der Waals surface area contributed by atoms with Crippen LogP contribution in [0.5, 0.6) is 5.88 Å². The van der Waals surface area contributed by atoms with Crippen molar-refractivity contribution in [2.45, 2.75) is 0 Å². The first-order valence-corrected chi connectivity index (χ1v) is 3.44. The minimum absolute atomic E-state index is 0.231. The highest BCUT2D eigenvalue weighted by molar-refractivity contribution is 7.45. The molecule has 0 aliphatic heterocycles. The lowest BCUT2D eigenvalue weighted by Gasteiger charge is -1.66. The summed E-state index contributed by atoms with van der Waals surface area (Å²) < 4.78 is 11.5. The maximum Gasteiger partial charge on any atom is 0.543 e. The standard InChI is InChI=1S/C3HN2O3P/c6-1-2-5(9(2)8)3(7)4-1/h(H-,4,6,7,8)/p+1. The fourth-order valence-corrected chi connectivity index (χ4v) is 1.72. The van der Waals surface area contributed by atoms with Crippen LogP contribution in [0.25, 0.3) is 5.25 Å². The predicted octanol–water partition coefficient (Wildman–Crippen LogP) is -0.0488. The van der Waals surface area contributed by atoms with Crippen LogP contribution in [-0.4, -0.2) is 14.3 Å². The van der Waals surface area contributed by atoms with E-state index in [1.165, 1.54) is 0 Å². The molecule has 1 unspecified atom stereocenters. The van der Waals surface area contributed by atoms with Crippen LogP contribution in [0.4, 0.5) is 0 Å². The average Bonchev–Trinajstić information content (AvgIpc) is 2.30. The quantitative estimate of drug-likeness (QED) is 0.545. The molecule has 0 radical (unpaired) electrons. The Morgan fingerprint density at radius 1 is 1.67 bits per heavy atom. The van der Waals surface area contributed by atoms with Crippen LogP contribution >= 0.6 is 7.57 Å². The van der Waals surface area contributed by atoms with Crippen LogP contribution in [-0.2, 0) is 4.57 Å². The van der Waals surface area contributed by atoms with Crippen LogP contribution < -0.4 is 5.69 Å². The molecule has 0 fully saturated rings. The summed E-state index contributed by atoms with van der Waals surface area (Å²) in [6, 6.07) is 0. The molecule has 2 N–H and O–H groups in total. The predicted molar refractivity (Wildman–Crippen MR) is 29.7 cm³/mol. The van der Waals surface area contributed by atoms with Gasteiger partial charge >= 0.3 is 18.5 Å². The second kappa shape index (κ2) is 1.09. The second-order valence-corrected chi connectivity index (χ2v) is 3.06. The van der Waals surface area contributed by atoms with Gasteiger partial charge in [-0.1, -0.05) is 0 Å². The Balaban J connectivity index is 3.16. The van der Waals surface area contributed by atoms with Gasteiger partial charge in [0.1, 0.15) is 0 Å². The van der Waals surface area contributed by atoms with Gasteiger partial charge in [0, 0.05) is 0 Å². The smallest absolute Gasteiger partial charge is 0.490 e. The molecular formula is C3H2N2O3P+. The number of fused-ring (bicyclic) bond motifs is 1. The van der Waals surface area contributed by atoms with E-state index in [0.29, 0.717) is 0 Å². The Morgan fingerprint density at radius 3 is 2.56 bits per heavy atom. The Morgan fingerprint density at radius 2 is 2.33 bits per heavy atom. The molecular weight excluding hydrogens is 143 g/mol. The van der Waals surface area contributed by atoms with Crippen molar-refractivity contribution in [3.63, 3.8) is 0 Å². The van der Waals surface area contributed by atoms with Gasteiger partial charge in [0.05, 0.1) is 0 Å². The van der Waals surface area contributed by atoms with Crippen molar-refractivity contribution < 1.29 is 9.67 Å². The molecule has 9 heavy (non-hydrogen) atoms. The molecule has 0 aromatic carbocycles. The fourth-order valence-electron chi connectivity index (χ4n) is 0.711. The van der Waals surface area contributed by atoms with E-state index in [1.807, 2.05) is 0 Å². The lowest BCUT2D eigenvalue weighted by molar-refractivity contribution is 0.462. The SMILES string of the molecule is O=c1[nH]c(O)c2n1[p+]2=O. The second-order valence-electron chi connectivity index (χ2n) is 1.69. The van der Waals surface area contributed by atoms with Gasteiger partial charge in [0.2, 0.25) is 0 Å². The van der Waals surface area contributed by atoms with Gasteiger partial charge in [-0.05, 0) is 8.73 Å². The summed E-state index contributed by atoms with van der Waals surface area (Å²) in [5, 5.41) is 8.93. The van der Waals surface area contributed by atoms with E-state index in [-0.39, 0.29) is 11.1 Å². The largest absolute Gasteiger partial charge is 0.543 e. The van der Waals surface area contributed by atoms with Crippen molar-refractivity contribution >= 4 is 12.8 Å². The topological polar surface area (TPSA) is 74.6 Å². The first kappa shape index (κ1) is 4.76. The van der Waals surface area contributed by atoms with Crippen LogP contribution in [0.1, 0.15) is 0 Å². The summed E-state index contributed by atoms with van der Waals surface area (Å²) >= 11 is 0. The van der Waals surface area contributed by atoms with E-state index in [2.05, 4.69) is 4.98 Å². The summed E-state index contributed by atoms with van der Waals surface area (Å²) in [5.74, 6) is -0.263. The molecule has 6 heteroatoms. The lowest BCUT2D eigenvalue weighted by Crippen LogP contribution is -2.01. The molecule has 1 atom stereocenters. The minimum Gasteiger partial charge on any atom is -0.490 e. The van der Waals surface area contributed by atoms with Gasteiger partial charge in [-0.25, -0.2) is 4.79 Å². The summed E-state index contributed by atoms with van der Waals surface area (Å²) in [4.78, 5) is 12.6. The molecule has 0 saturated heterocycles. The maximum absolute atomic E-state index is 10.5. The fraction of sp³-hybridized carbons (Fsp3) is 0. The number of hydrogen-bond donors (Lipinski definition) is 2. The van der Waals surface area contributed by atoms with Gasteiger partial charge in [0.15, 0.2) is 0 Å². The summed E-state index contributed by atoms with van der Waals surface area (Å²) in [6.07, 6.45) is 0. The molecule has 2 heterocycles. The number of aromatic amines is 1. The van der Waals surface area contributed by atoms with Crippen molar-refractivity contribution in [3.05, 3.63) is 10.5 Å². The highest BCUT2D eigenvalue weighted by atomic mass is 31.1. The summed E-state index contributed by atoms with van der Waals surface area (Å²) in [6.45, 7) is 0. The number of imidazole rings is 1. The van der Waals surface area contributed by atoms with Crippen molar-refractivity contribution in [1.29, 1.82) is 0 Å². The normalized spacial score (nSPS) is 13.6. The summed E-state index contributed by atoms with van der Waals surface area (Å²) in [5.41, 5.74) is -0.497. The monoisotopic (exact) mass is 145 g/mol. The Labute approximate surface area is 49.0 Å². The van der Waals surface area contributed by atoms with Gasteiger partial charge in [-0.15, -0.1) is 0 Å². The average molecular weight is 145 g/mol. The third-order valence-corrected chi connectivity index (χ3v) is 2.48.